The highest BCUT2D eigenvalue weighted by Gasteiger charge is 2.46. The Kier molecular flexibility index (Phi) is 2.47. The summed E-state index contributed by atoms with van der Waals surface area (Å²) in [4.78, 5) is 2.84. The van der Waals surface area contributed by atoms with Crippen molar-refractivity contribution in [2.45, 2.75) is 62.9 Å². The lowest BCUT2D eigenvalue weighted by molar-refractivity contribution is -0.00530. The fourth-order valence-corrected chi connectivity index (χ4v) is 4.21. The molecule has 2 heterocycles. The molecule has 1 heteroatoms. The summed E-state index contributed by atoms with van der Waals surface area (Å²) in [7, 11) is 0. The molecular formula is C15H23N. The van der Waals surface area contributed by atoms with Gasteiger partial charge in [0.2, 0.25) is 0 Å². The topological polar surface area (TPSA) is 3.24 Å². The van der Waals surface area contributed by atoms with Gasteiger partial charge in [0.15, 0.2) is 0 Å². The molecule has 1 nitrogen and oxygen atoms in total. The molecule has 1 saturated carbocycles. The van der Waals surface area contributed by atoms with Gasteiger partial charge in [-0.2, -0.15) is 0 Å². The summed E-state index contributed by atoms with van der Waals surface area (Å²) < 4.78 is 0. The maximum absolute atomic E-state index is 4.21. The molecule has 2 saturated heterocycles. The SMILES string of the molecule is C=C1CCN2[C@@H](CCC[C@]23CCC(=C)C3)C1. The summed E-state index contributed by atoms with van der Waals surface area (Å²) in [5.74, 6) is 0. The van der Waals surface area contributed by atoms with Crippen molar-refractivity contribution < 1.29 is 0 Å². The number of hydrogen-bond acceptors (Lipinski definition) is 1. The molecule has 0 aromatic rings. The molecule has 0 amide bonds. The van der Waals surface area contributed by atoms with Crippen molar-refractivity contribution in [2.75, 3.05) is 6.54 Å². The lowest BCUT2D eigenvalue weighted by atomic mass is 9.78. The maximum atomic E-state index is 4.21. The van der Waals surface area contributed by atoms with Crippen LogP contribution in [-0.4, -0.2) is 23.0 Å². The van der Waals surface area contributed by atoms with Gasteiger partial charge in [-0.3, -0.25) is 4.90 Å². The normalized spacial score (nSPS) is 40.4. The van der Waals surface area contributed by atoms with E-state index in [-0.39, 0.29) is 0 Å². The monoisotopic (exact) mass is 217 g/mol. The van der Waals surface area contributed by atoms with Crippen molar-refractivity contribution in [3.05, 3.63) is 24.3 Å². The van der Waals surface area contributed by atoms with Gasteiger partial charge in [0.1, 0.15) is 0 Å². The third kappa shape index (κ3) is 1.57. The lowest BCUT2D eigenvalue weighted by Crippen LogP contribution is -2.57. The quantitative estimate of drug-likeness (QED) is 0.560. The second kappa shape index (κ2) is 3.73. The molecule has 0 aromatic carbocycles. The summed E-state index contributed by atoms with van der Waals surface area (Å²) in [6, 6.07) is 0.806. The number of hydrogen-bond donors (Lipinski definition) is 0. The van der Waals surface area contributed by atoms with Crippen LogP contribution in [-0.2, 0) is 0 Å². The van der Waals surface area contributed by atoms with Crippen molar-refractivity contribution in [3.63, 3.8) is 0 Å². The van der Waals surface area contributed by atoms with Crippen LogP contribution >= 0.6 is 0 Å². The van der Waals surface area contributed by atoms with Gasteiger partial charge >= 0.3 is 0 Å². The minimum atomic E-state index is 0.515. The first-order valence-electron chi connectivity index (χ1n) is 6.80. The molecule has 0 bridgehead atoms. The summed E-state index contributed by atoms with van der Waals surface area (Å²) in [5, 5.41) is 0. The van der Waals surface area contributed by atoms with Gasteiger partial charge < -0.3 is 0 Å². The summed E-state index contributed by atoms with van der Waals surface area (Å²) in [5.41, 5.74) is 3.49. The summed E-state index contributed by atoms with van der Waals surface area (Å²) >= 11 is 0. The molecule has 1 spiro atoms. The number of fused-ring (bicyclic) bond motifs is 2. The third-order valence-electron chi connectivity index (χ3n) is 4.98. The maximum Gasteiger partial charge on any atom is 0.0252 e. The van der Waals surface area contributed by atoms with Crippen LogP contribution in [0.2, 0.25) is 0 Å². The number of piperidine rings is 2. The standard InChI is InChI=1S/C15H23N/c1-12-6-9-16-14(10-12)4-3-7-15(16)8-5-13(2)11-15/h14H,1-11H2/t14-,15+/m0/s1. The zero-order chi connectivity index (χ0) is 11.2. The molecule has 0 N–H and O–H groups in total. The molecular weight excluding hydrogens is 194 g/mol. The summed E-state index contributed by atoms with van der Waals surface area (Å²) in [6.07, 6.45) is 10.6. The highest BCUT2D eigenvalue weighted by atomic mass is 15.2. The van der Waals surface area contributed by atoms with Crippen LogP contribution in [0.15, 0.2) is 24.3 Å². The van der Waals surface area contributed by atoms with Gasteiger partial charge in [-0.25, -0.2) is 0 Å². The van der Waals surface area contributed by atoms with Gasteiger partial charge in [-0.05, 0) is 44.9 Å². The molecule has 1 aliphatic carbocycles. The Balaban J connectivity index is 1.84. The Morgan fingerprint density at radius 3 is 2.75 bits per heavy atom. The predicted molar refractivity (Wildman–Crippen MR) is 68.4 cm³/mol. The Hall–Kier alpha value is -0.560. The van der Waals surface area contributed by atoms with Crippen LogP contribution in [0.1, 0.15) is 51.4 Å². The molecule has 16 heavy (non-hydrogen) atoms. The molecule has 0 radical (unpaired) electrons. The van der Waals surface area contributed by atoms with E-state index < -0.39 is 0 Å². The molecule has 2 atom stereocenters. The third-order valence-corrected chi connectivity index (χ3v) is 4.98. The fourth-order valence-electron chi connectivity index (χ4n) is 4.21. The summed E-state index contributed by atoms with van der Waals surface area (Å²) in [6.45, 7) is 9.66. The van der Waals surface area contributed by atoms with Crippen molar-refractivity contribution in [3.8, 4) is 0 Å². The molecule has 3 aliphatic rings. The molecule has 0 unspecified atom stereocenters. The molecule has 0 aromatic heterocycles. The van der Waals surface area contributed by atoms with Crippen molar-refractivity contribution >= 4 is 0 Å². The van der Waals surface area contributed by atoms with Crippen LogP contribution in [0, 0.1) is 0 Å². The highest BCUT2D eigenvalue weighted by Crippen LogP contribution is 2.48. The molecule has 88 valence electrons. The fraction of sp³-hybridized carbons (Fsp3) is 0.733. The van der Waals surface area contributed by atoms with E-state index >= 15 is 0 Å². The first kappa shape index (κ1) is 10.6. The first-order valence-corrected chi connectivity index (χ1v) is 6.80. The second-order valence-corrected chi connectivity index (χ2v) is 6.09. The van der Waals surface area contributed by atoms with Crippen molar-refractivity contribution in [2.24, 2.45) is 0 Å². The minimum absolute atomic E-state index is 0.515. The van der Waals surface area contributed by atoms with E-state index in [9.17, 15) is 0 Å². The zero-order valence-corrected chi connectivity index (χ0v) is 10.3. The Morgan fingerprint density at radius 2 is 2.00 bits per heavy atom. The number of nitrogens with zero attached hydrogens (tertiary/aromatic N) is 1. The molecule has 3 fully saturated rings. The van der Waals surface area contributed by atoms with Crippen LogP contribution in [0.5, 0.6) is 0 Å². The Bertz CT molecular complexity index is 330. The largest absolute Gasteiger partial charge is 0.294 e. The van der Waals surface area contributed by atoms with Crippen molar-refractivity contribution in [1.29, 1.82) is 0 Å². The van der Waals surface area contributed by atoms with E-state index in [1.807, 2.05) is 0 Å². The minimum Gasteiger partial charge on any atom is -0.294 e. The zero-order valence-electron chi connectivity index (χ0n) is 10.3. The Morgan fingerprint density at radius 1 is 1.12 bits per heavy atom. The van der Waals surface area contributed by atoms with Gasteiger partial charge in [0.05, 0.1) is 0 Å². The van der Waals surface area contributed by atoms with Gasteiger partial charge in [0, 0.05) is 18.1 Å². The van der Waals surface area contributed by atoms with Crippen molar-refractivity contribution in [1.82, 2.24) is 4.90 Å². The lowest BCUT2D eigenvalue weighted by Gasteiger charge is -2.52. The number of rotatable bonds is 0. The van der Waals surface area contributed by atoms with Gasteiger partial charge in [-0.1, -0.05) is 30.7 Å². The smallest absolute Gasteiger partial charge is 0.0252 e. The molecule has 3 rings (SSSR count). The van der Waals surface area contributed by atoms with Crippen LogP contribution < -0.4 is 0 Å². The van der Waals surface area contributed by atoms with Crippen LogP contribution in [0.25, 0.3) is 0 Å². The second-order valence-electron chi connectivity index (χ2n) is 6.09. The van der Waals surface area contributed by atoms with Gasteiger partial charge in [-0.15, -0.1) is 0 Å². The van der Waals surface area contributed by atoms with Gasteiger partial charge in [0.25, 0.3) is 0 Å². The van der Waals surface area contributed by atoms with E-state index in [1.165, 1.54) is 69.1 Å². The highest BCUT2D eigenvalue weighted by molar-refractivity contribution is 5.17. The first-order chi connectivity index (χ1) is 7.70. The van der Waals surface area contributed by atoms with Crippen LogP contribution in [0.4, 0.5) is 0 Å². The average molecular weight is 217 g/mol. The van der Waals surface area contributed by atoms with E-state index in [4.69, 9.17) is 0 Å². The molecule has 2 aliphatic heterocycles. The Labute approximate surface area is 99.2 Å². The predicted octanol–water partition coefficient (Wildman–Crippen LogP) is 3.67. The van der Waals surface area contributed by atoms with Crippen LogP contribution in [0.3, 0.4) is 0 Å². The van der Waals surface area contributed by atoms with E-state index in [0.717, 1.165) is 6.04 Å². The van der Waals surface area contributed by atoms with E-state index in [0.29, 0.717) is 5.54 Å². The van der Waals surface area contributed by atoms with E-state index in [1.54, 1.807) is 0 Å². The average Bonchev–Trinajstić information content (AvgIpc) is 2.61. The van der Waals surface area contributed by atoms with E-state index in [2.05, 4.69) is 18.1 Å².